The number of rotatable bonds is 6. The van der Waals surface area contributed by atoms with Gasteiger partial charge in [-0.15, -0.1) is 0 Å². The highest BCUT2D eigenvalue weighted by Crippen LogP contribution is 2.37. The summed E-state index contributed by atoms with van der Waals surface area (Å²) >= 11 is 3.38. The molecule has 0 fully saturated rings. The molecule has 0 aliphatic carbocycles. The molecule has 0 aliphatic rings. The van der Waals surface area contributed by atoms with Gasteiger partial charge in [0, 0.05) is 0 Å². The van der Waals surface area contributed by atoms with E-state index >= 15 is 0 Å². The Hall–Kier alpha value is -2.21. The first-order valence-corrected chi connectivity index (χ1v) is 7.75. The topological polar surface area (TPSA) is 54.0 Å². The van der Waals surface area contributed by atoms with Crippen molar-refractivity contribution in [3.05, 3.63) is 46.4 Å². The minimum Gasteiger partial charge on any atom is -0.493 e. The zero-order valence-electron chi connectivity index (χ0n) is 13.1. The molecular formula is C17H17BrO5. The van der Waals surface area contributed by atoms with Gasteiger partial charge in [-0.25, -0.2) is 4.79 Å². The van der Waals surface area contributed by atoms with Gasteiger partial charge in [-0.2, -0.15) is 0 Å². The monoisotopic (exact) mass is 380 g/mol. The molecular weight excluding hydrogens is 364 g/mol. The van der Waals surface area contributed by atoms with Crippen LogP contribution in [0.4, 0.5) is 0 Å². The van der Waals surface area contributed by atoms with Crippen molar-refractivity contribution in [1.29, 1.82) is 0 Å². The predicted octanol–water partition coefficient (Wildman–Crippen LogP) is 4.08. The van der Waals surface area contributed by atoms with Crippen molar-refractivity contribution >= 4 is 21.9 Å². The quantitative estimate of drug-likeness (QED) is 0.558. The number of halogens is 1. The second-order valence-corrected chi connectivity index (χ2v) is 5.32. The van der Waals surface area contributed by atoms with Crippen LogP contribution in [0, 0.1) is 0 Å². The van der Waals surface area contributed by atoms with Gasteiger partial charge in [0.05, 0.1) is 30.9 Å². The fourth-order valence-corrected chi connectivity index (χ4v) is 2.54. The van der Waals surface area contributed by atoms with E-state index in [1.165, 1.54) is 14.2 Å². The number of methoxy groups -OCH3 is 2. The van der Waals surface area contributed by atoms with E-state index in [4.69, 9.17) is 18.9 Å². The number of benzene rings is 2. The maximum atomic E-state index is 12.4. The SMILES string of the molecule is CCOc1c(Br)cc(C(=O)Oc2ccccc2OC)cc1OC. The summed E-state index contributed by atoms with van der Waals surface area (Å²) in [5.41, 5.74) is 0.336. The van der Waals surface area contributed by atoms with E-state index in [1.807, 2.05) is 6.92 Å². The third-order valence-electron chi connectivity index (χ3n) is 3.03. The van der Waals surface area contributed by atoms with Gasteiger partial charge in [0.25, 0.3) is 0 Å². The first-order valence-electron chi connectivity index (χ1n) is 6.96. The normalized spacial score (nSPS) is 10.1. The first-order chi connectivity index (χ1) is 11.1. The smallest absolute Gasteiger partial charge is 0.343 e. The lowest BCUT2D eigenvalue weighted by atomic mass is 10.2. The molecule has 0 bridgehead atoms. The third-order valence-corrected chi connectivity index (χ3v) is 3.61. The molecule has 0 saturated carbocycles. The van der Waals surface area contributed by atoms with E-state index in [1.54, 1.807) is 36.4 Å². The van der Waals surface area contributed by atoms with Gasteiger partial charge in [0.15, 0.2) is 23.0 Å². The second kappa shape index (κ2) is 7.87. The highest BCUT2D eigenvalue weighted by atomic mass is 79.9. The van der Waals surface area contributed by atoms with E-state index in [0.717, 1.165) is 0 Å². The Kier molecular flexibility index (Phi) is 5.87. The second-order valence-electron chi connectivity index (χ2n) is 4.46. The Morgan fingerprint density at radius 3 is 2.30 bits per heavy atom. The standard InChI is InChI=1S/C17H17BrO5/c1-4-22-16-12(18)9-11(10-15(16)21-3)17(19)23-14-8-6-5-7-13(14)20-2/h5-10H,4H2,1-3H3. The van der Waals surface area contributed by atoms with Crippen molar-refractivity contribution in [2.45, 2.75) is 6.92 Å². The number of hydrogen-bond acceptors (Lipinski definition) is 5. The summed E-state index contributed by atoms with van der Waals surface area (Å²) in [6, 6.07) is 10.2. The summed E-state index contributed by atoms with van der Waals surface area (Å²) in [7, 11) is 3.03. The summed E-state index contributed by atoms with van der Waals surface area (Å²) in [6.45, 7) is 2.36. The highest BCUT2D eigenvalue weighted by molar-refractivity contribution is 9.10. The molecule has 0 N–H and O–H groups in total. The molecule has 0 amide bonds. The average Bonchev–Trinajstić information content (AvgIpc) is 2.57. The summed E-state index contributed by atoms with van der Waals surface area (Å²) in [4.78, 5) is 12.4. The molecule has 2 rings (SSSR count). The van der Waals surface area contributed by atoms with Crippen LogP contribution < -0.4 is 18.9 Å². The Labute approximate surface area is 143 Å². The molecule has 0 aliphatic heterocycles. The maximum Gasteiger partial charge on any atom is 0.343 e. The minimum atomic E-state index is -0.517. The molecule has 2 aromatic rings. The number of carbonyl (C=O) groups is 1. The lowest BCUT2D eigenvalue weighted by molar-refractivity contribution is 0.0729. The van der Waals surface area contributed by atoms with Gasteiger partial charge < -0.3 is 18.9 Å². The lowest BCUT2D eigenvalue weighted by Crippen LogP contribution is -2.10. The largest absolute Gasteiger partial charge is 0.493 e. The molecule has 0 heterocycles. The molecule has 0 aromatic heterocycles. The Bertz CT molecular complexity index is 699. The van der Waals surface area contributed by atoms with Gasteiger partial charge in [0.1, 0.15) is 0 Å². The molecule has 5 nitrogen and oxygen atoms in total. The van der Waals surface area contributed by atoms with E-state index < -0.39 is 5.97 Å². The molecule has 0 atom stereocenters. The van der Waals surface area contributed by atoms with Crippen molar-refractivity contribution in [2.75, 3.05) is 20.8 Å². The molecule has 0 unspecified atom stereocenters. The summed E-state index contributed by atoms with van der Waals surface area (Å²) < 4.78 is 22.0. The van der Waals surface area contributed by atoms with E-state index in [0.29, 0.717) is 39.6 Å². The fraction of sp³-hybridized carbons (Fsp3) is 0.235. The molecule has 0 radical (unpaired) electrons. The number of hydrogen-bond donors (Lipinski definition) is 0. The Morgan fingerprint density at radius 2 is 1.70 bits per heavy atom. The summed E-state index contributed by atoms with van der Waals surface area (Å²) in [5, 5.41) is 0. The van der Waals surface area contributed by atoms with Crippen molar-refractivity contribution in [1.82, 2.24) is 0 Å². The van der Waals surface area contributed by atoms with Crippen molar-refractivity contribution < 1.29 is 23.7 Å². The van der Waals surface area contributed by atoms with Crippen molar-refractivity contribution in [2.24, 2.45) is 0 Å². The van der Waals surface area contributed by atoms with Crippen LogP contribution >= 0.6 is 15.9 Å². The molecule has 0 saturated heterocycles. The number of carbonyl (C=O) groups excluding carboxylic acids is 1. The molecule has 2 aromatic carbocycles. The fourth-order valence-electron chi connectivity index (χ4n) is 1.98. The summed E-state index contributed by atoms with van der Waals surface area (Å²) in [6.07, 6.45) is 0. The van der Waals surface area contributed by atoms with Gasteiger partial charge >= 0.3 is 5.97 Å². The Balaban J connectivity index is 2.31. The number of ether oxygens (including phenoxy) is 4. The van der Waals surface area contributed by atoms with E-state index in [-0.39, 0.29) is 0 Å². The van der Waals surface area contributed by atoms with Crippen LogP contribution in [-0.2, 0) is 0 Å². The Morgan fingerprint density at radius 1 is 1.04 bits per heavy atom. The molecule has 23 heavy (non-hydrogen) atoms. The van der Waals surface area contributed by atoms with Crippen LogP contribution in [0.15, 0.2) is 40.9 Å². The van der Waals surface area contributed by atoms with Crippen LogP contribution in [0.2, 0.25) is 0 Å². The zero-order chi connectivity index (χ0) is 16.8. The van der Waals surface area contributed by atoms with E-state index in [9.17, 15) is 4.79 Å². The molecule has 6 heteroatoms. The third kappa shape index (κ3) is 3.96. The average molecular weight is 381 g/mol. The number of esters is 1. The summed E-state index contributed by atoms with van der Waals surface area (Å²) in [5.74, 6) is 1.32. The maximum absolute atomic E-state index is 12.4. The molecule has 122 valence electrons. The van der Waals surface area contributed by atoms with Gasteiger partial charge in [0.2, 0.25) is 0 Å². The molecule has 0 spiro atoms. The van der Waals surface area contributed by atoms with Gasteiger partial charge in [-0.3, -0.25) is 0 Å². The highest BCUT2D eigenvalue weighted by Gasteiger charge is 2.18. The van der Waals surface area contributed by atoms with Crippen LogP contribution in [0.3, 0.4) is 0 Å². The van der Waals surface area contributed by atoms with Crippen LogP contribution in [0.5, 0.6) is 23.0 Å². The van der Waals surface area contributed by atoms with E-state index in [2.05, 4.69) is 15.9 Å². The van der Waals surface area contributed by atoms with Crippen LogP contribution in [0.25, 0.3) is 0 Å². The van der Waals surface area contributed by atoms with Crippen molar-refractivity contribution in [3.8, 4) is 23.0 Å². The number of para-hydroxylation sites is 2. The zero-order valence-corrected chi connectivity index (χ0v) is 14.7. The minimum absolute atomic E-state index is 0.336. The van der Waals surface area contributed by atoms with Crippen molar-refractivity contribution in [3.63, 3.8) is 0 Å². The van der Waals surface area contributed by atoms with Gasteiger partial charge in [-0.1, -0.05) is 12.1 Å². The van der Waals surface area contributed by atoms with Crippen LogP contribution in [-0.4, -0.2) is 26.8 Å². The predicted molar refractivity (Wildman–Crippen MR) is 89.8 cm³/mol. The lowest BCUT2D eigenvalue weighted by Gasteiger charge is -2.13. The first kappa shape index (κ1) is 17.1. The van der Waals surface area contributed by atoms with Gasteiger partial charge in [-0.05, 0) is 47.1 Å². The van der Waals surface area contributed by atoms with Crippen LogP contribution in [0.1, 0.15) is 17.3 Å².